The van der Waals surface area contributed by atoms with Gasteiger partial charge in [0.15, 0.2) is 5.84 Å². The van der Waals surface area contributed by atoms with E-state index in [0.717, 1.165) is 12.1 Å². The standard InChI is InChI=1S/C26H25FN6/c1-19(29-17-16-20-10-4-2-5-11-20)30-25-24(18-28)32-26(31-23-15-9-8-14-22(23)27)33(25)21-12-6-3-7-13-21/h2-15,18,29H,1,16-17,28H2,(H,31,32)/b24-18+,30-25+. The van der Waals surface area contributed by atoms with Crippen molar-refractivity contribution in [1.82, 2.24) is 5.32 Å². The van der Waals surface area contributed by atoms with Crippen molar-refractivity contribution >= 4 is 23.2 Å². The number of hydrogen-bond donors (Lipinski definition) is 3. The van der Waals surface area contributed by atoms with E-state index in [2.05, 4.69) is 39.3 Å². The number of benzene rings is 3. The molecule has 4 rings (SSSR count). The number of nitrogens with zero attached hydrogens (tertiary/aromatic N) is 3. The lowest BCUT2D eigenvalue weighted by Gasteiger charge is -2.22. The number of nitrogens with two attached hydrogens (primary N) is 1. The van der Waals surface area contributed by atoms with Crippen LogP contribution in [0.3, 0.4) is 0 Å². The molecule has 3 aromatic rings. The van der Waals surface area contributed by atoms with Gasteiger partial charge in [-0.2, -0.15) is 0 Å². The summed E-state index contributed by atoms with van der Waals surface area (Å²) in [5.41, 5.74) is 8.64. The van der Waals surface area contributed by atoms with Gasteiger partial charge in [0.1, 0.15) is 17.3 Å². The summed E-state index contributed by atoms with van der Waals surface area (Å²) in [6, 6.07) is 26.2. The molecule has 0 saturated carbocycles. The van der Waals surface area contributed by atoms with Crippen molar-refractivity contribution in [3.8, 4) is 0 Å². The molecule has 1 aliphatic rings. The second-order valence-electron chi connectivity index (χ2n) is 7.31. The number of hydrogen-bond acceptors (Lipinski definition) is 5. The summed E-state index contributed by atoms with van der Waals surface area (Å²) in [5, 5.41) is 6.30. The fraction of sp³-hybridized carbons (Fsp3) is 0.0769. The molecule has 0 aromatic heterocycles. The normalized spacial score (nSPS) is 15.5. The van der Waals surface area contributed by atoms with Crippen molar-refractivity contribution in [3.05, 3.63) is 121 Å². The van der Waals surface area contributed by atoms with Crippen LogP contribution in [0.1, 0.15) is 5.56 Å². The third-order valence-corrected chi connectivity index (χ3v) is 5.00. The van der Waals surface area contributed by atoms with Gasteiger partial charge in [0.2, 0.25) is 5.96 Å². The topological polar surface area (TPSA) is 78.0 Å². The van der Waals surface area contributed by atoms with Crippen LogP contribution in [-0.2, 0) is 6.42 Å². The summed E-state index contributed by atoms with van der Waals surface area (Å²) in [7, 11) is 0. The fourth-order valence-corrected chi connectivity index (χ4v) is 3.40. The second kappa shape index (κ2) is 10.3. The number of rotatable bonds is 7. The predicted molar refractivity (Wildman–Crippen MR) is 133 cm³/mol. The maximum atomic E-state index is 14.3. The zero-order valence-electron chi connectivity index (χ0n) is 18.1. The highest BCUT2D eigenvalue weighted by molar-refractivity contribution is 6.32. The van der Waals surface area contributed by atoms with E-state index in [-0.39, 0.29) is 5.82 Å². The number of guanidine groups is 1. The van der Waals surface area contributed by atoms with Gasteiger partial charge in [-0.15, -0.1) is 0 Å². The quantitative estimate of drug-likeness (QED) is 0.501. The SMILES string of the molecule is C=C(/N=C1\C(=C/N)N=C(Nc2ccccc2F)N1c1ccccc1)NCCc1ccccc1. The molecule has 6 nitrogen and oxygen atoms in total. The van der Waals surface area contributed by atoms with Crippen molar-refractivity contribution < 1.29 is 4.39 Å². The van der Waals surface area contributed by atoms with Crippen LogP contribution in [0.2, 0.25) is 0 Å². The van der Waals surface area contributed by atoms with Crippen LogP contribution in [0.15, 0.2) is 119 Å². The summed E-state index contributed by atoms with van der Waals surface area (Å²) in [6.07, 6.45) is 2.21. The van der Waals surface area contributed by atoms with Crippen LogP contribution in [0.25, 0.3) is 0 Å². The summed E-state index contributed by atoms with van der Waals surface area (Å²) in [4.78, 5) is 11.0. The number of anilines is 2. The third-order valence-electron chi connectivity index (χ3n) is 5.00. The number of nitrogens with one attached hydrogen (secondary N) is 2. The van der Waals surface area contributed by atoms with E-state index in [9.17, 15) is 4.39 Å². The molecule has 1 heterocycles. The number of aliphatic imine (C=N–C) groups is 2. The highest BCUT2D eigenvalue weighted by Crippen LogP contribution is 2.26. The van der Waals surface area contributed by atoms with Gasteiger partial charge in [-0.1, -0.05) is 67.2 Å². The highest BCUT2D eigenvalue weighted by atomic mass is 19.1. The van der Waals surface area contributed by atoms with Crippen LogP contribution in [0.5, 0.6) is 0 Å². The zero-order valence-corrected chi connectivity index (χ0v) is 18.1. The van der Waals surface area contributed by atoms with E-state index in [1.165, 1.54) is 17.8 Å². The molecule has 0 saturated heterocycles. The van der Waals surface area contributed by atoms with Gasteiger partial charge in [-0.25, -0.2) is 14.4 Å². The van der Waals surface area contributed by atoms with E-state index < -0.39 is 0 Å². The van der Waals surface area contributed by atoms with Gasteiger partial charge in [0.25, 0.3) is 0 Å². The van der Waals surface area contributed by atoms with Gasteiger partial charge in [0, 0.05) is 12.7 Å². The van der Waals surface area contributed by atoms with E-state index in [1.54, 1.807) is 23.1 Å². The minimum atomic E-state index is -0.385. The van der Waals surface area contributed by atoms with E-state index in [4.69, 9.17) is 5.73 Å². The molecule has 1 aliphatic heterocycles. The van der Waals surface area contributed by atoms with E-state index in [0.29, 0.717) is 35.5 Å². The minimum Gasteiger partial charge on any atom is -0.403 e. The van der Waals surface area contributed by atoms with Gasteiger partial charge in [-0.05, 0) is 36.2 Å². The smallest absolute Gasteiger partial charge is 0.214 e. The van der Waals surface area contributed by atoms with Crippen molar-refractivity contribution in [3.63, 3.8) is 0 Å². The summed E-state index contributed by atoms with van der Waals surface area (Å²) >= 11 is 0. The summed E-state index contributed by atoms with van der Waals surface area (Å²) in [6.45, 7) is 4.72. The molecule has 0 unspecified atom stereocenters. The van der Waals surface area contributed by atoms with Crippen LogP contribution in [0, 0.1) is 5.82 Å². The summed E-state index contributed by atoms with van der Waals surface area (Å²) in [5.74, 6) is 0.964. The summed E-state index contributed by atoms with van der Waals surface area (Å²) < 4.78 is 14.3. The Kier molecular flexibility index (Phi) is 6.80. The van der Waals surface area contributed by atoms with Crippen LogP contribution >= 0.6 is 0 Å². The van der Waals surface area contributed by atoms with E-state index in [1.807, 2.05) is 48.5 Å². The first-order valence-corrected chi connectivity index (χ1v) is 10.6. The molecule has 7 heteroatoms. The second-order valence-corrected chi connectivity index (χ2v) is 7.31. The Hall–Kier alpha value is -4.39. The van der Waals surface area contributed by atoms with E-state index >= 15 is 0 Å². The molecule has 33 heavy (non-hydrogen) atoms. The van der Waals surface area contributed by atoms with Gasteiger partial charge in [0.05, 0.1) is 11.4 Å². The van der Waals surface area contributed by atoms with Crippen LogP contribution in [0.4, 0.5) is 15.8 Å². The van der Waals surface area contributed by atoms with Crippen molar-refractivity contribution in [1.29, 1.82) is 0 Å². The minimum absolute atomic E-state index is 0.301. The molecular weight excluding hydrogens is 415 g/mol. The molecule has 3 aromatic carbocycles. The average Bonchev–Trinajstić information content (AvgIpc) is 3.18. The monoisotopic (exact) mass is 440 g/mol. The first kappa shape index (κ1) is 21.8. The fourth-order valence-electron chi connectivity index (χ4n) is 3.40. The zero-order chi connectivity index (χ0) is 23.0. The molecule has 0 aliphatic carbocycles. The molecule has 0 spiro atoms. The third kappa shape index (κ3) is 5.27. The van der Waals surface area contributed by atoms with Crippen molar-refractivity contribution in [2.75, 3.05) is 16.8 Å². The number of amidine groups is 1. The molecule has 0 amide bonds. The Morgan fingerprint density at radius 1 is 1.00 bits per heavy atom. The molecule has 0 atom stereocenters. The number of para-hydroxylation sites is 2. The maximum absolute atomic E-state index is 14.3. The average molecular weight is 441 g/mol. The molecule has 0 bridgehead atoms. The Bertz CT molecular complexity index is 1200. The lowest BCUT2D eigenvalue weighted by Crippen LogP contribution is -2.37. The van der Waals surface area contributed by atoms with Gasteiger partial charge >= 0.3 is 0 Å². The van der Waals surface area contributed by atoms with Crippen LogP contribution < -0.4 is 21.3 Å². The first-order chi connectivity index (χ1) is 16.2. The molecule has 0 fully saturated rings. The highest BCUT2D eigenvalue weighted by Gasteiger charge is 2.30. The van der Waals surface area contributed by atoms with Gasteiger partial charge < -0.3 is 16.4 Å². The number of halogens is 1. The Morgan fingerprint density at radius 2 is 1.67 bits per heavy atom. The Morgan fingerprint density at radius 3 is 2.36 bits per heavy atom. The lowest BCUT2D eigenvalue weighted by molar-refractivity contribution is 0.632. The van der Waals surface area contributed by atoms with Crippen molar-refractivity contribution in [2.24, 2.45) is 15.7 Å². The Balaban J connectivity index is 1.58. The molecular formula is C26H25FN6. The Labute approximate surface area is 192 Å². The van der Waals surface area contributed by atoms with Crippen molar-refractivity contribution in [2.45, 2.75) is 6.42 Å². The predicted octanol–water partition coefficient (Wildman–Crippen LogP) is 4.62. The molecule has 166 valence electrons. The lowest BCUT2D eigenvalue weighted by atomic mass is 10.1. The largest absolute Gasteiger partial charge is 0.403 e. The first-order valence-electron chi connectivity index (χ1n) is 10.6. The molecule has 4 N–H and O–H groups in total. The maximum Gasteiger partial charge on any atom is 0.214 e. The van der Waals surface area contributed by atoms with Gasteiger partial charge in [-0.3, -0.25) is 4.90 Å². The molecule has 0 radical (unpaired) electrons. The van der Waals surface area contributed by atoms with Crippen LogP contribution in [-0.4, -0.2) is 18.3 Å².